The smallest absolute Gasteiger partial charge is 0.274 e. The molecular weight excluding hydrogens is 352 g/mol. The van der Waals surface area contributed by atoms with Crippen molar-refractivity contribution in [3.8, 4) is 0 Å². The van der Waals surface area contributed by atoms with E-state index in [1.165, 1.54) is 6.33 Å². The summed E-state index contributed by atoms with van der Waals surface area (Å²) in [7, 11) is 0. The number of aromatic nitrogens is 3. The van der Waals surface area contributed by atoms with Crippen LogP contribution in [-0.2, 0) is 0 Å². The van der Waals surface area contributed by atoms with Crippen LogP contribution >= 0.6 is 0 Å². The van der Waals surface area contributed by atoms with Crippen molar-refractivity contribution in [2.45, 2.75) is 6.92 Å². The number of anilines is 3. The molecule has 1 aliphatic rings. The van der Waals surface area contributed by atoms with Gasteiger partial charge in [-0.15, -0.1) is 0 Å². The highest BCUT2D eigenvalue weighted by Gasteiger charge is 2.20. The lowest BCUT2D eigenvalue weighted by Gasteiger charge is -2.36. The van der Waals surface area contributed by atoms with Crippen LogP contribution in [0.1, 0.15) is 16.1 Å². The Labute approximate surface area is 164 Å². The van der Waals surface area contributed by atoms with Gasteiger partial charge in [-0.25, -0.2) is 15.0 Å². The van der Waals surface area contributed by atoms with Crippen molar-refractivity contribution in [1.29, 1.82) is 0 Å². The monoisotopic (exact) mass is 374 g/mol. The molecule has 7 nitrogen and oxygen atoms in total. The number of amides is 1. The lowest BCUT2D eigenvalue weighted by atomic mass is 10.2. The average Bonchev–Trinajstić information content (AvgIpc) is 2.76. The first-order valence-corrected chi connectivity index (χ1v) is 9.30. The fraction of sp³-hybridized carbons (Fsp3) is 0.238. The quantitative estimate of drug-likeness (QED) is 0.757. The maximum atomic E-state index is 12.5. The van der Waals surface area contributed by atoms with E-state index in [1.807, 2.05) is 55.6 Å². The summed E-state index contributed by atoms with van der Waals surface area (Å²) in [6, 6.07) is 15.4. The summed E-state index contributed by atoms with van der Waals surface area (Å²) in [5.41, 5.74) is 2.25. The van der Waals surface area contributed by atoms with E-state index < -0.39 is 0 Å². The molecule has 3 heterocycles. The molecule has 1 saturated heterocycles. The normalized spacial score (nSPS) is 14.0. The minimum absolute atomic E-state index is 0.236. The molecule has 7 heteroatoms. The maximum Gasteiger partial charge on any atom is 0.274 e. The third-order valence-corrected chi connectivity index (χ3v) is 4.77. The summed E-state index contributed by atoms with van der Waals surface area (Å²) in [4.78, 5) is 29.9. The fourth-order valence-corrected chi connectivity index (χ4v) is 3.18. The fourth-order valence-electron chi connectivity index (χ4n) is 3.18. The van der Waals surface area contributed by atoms with Gasteiger partial charge < -0.3 is 15.1 Å². The number of hydrogen-bond acceptors (Lipinski definition) is 6. The minimum Gasteiger partial charge on any atom is -0.353 e. The topological polar surface area (TPSA) is 74.2 Å². The standard InChI is InChI=1S/C21H22N6O/c1-16-5-7-17(8-6-16)25-21(28)18-14-20(24-15-23-18)27-12-10-26(11-13-27)19-4-2-3-9-22-19/h2-9,14-15H,10-13H2,1H3,(H,25,28). The Bertz CT molecular complexity index is 937. The largest absolute Gasteiger partial charge is 0.353 e. The molecular formula is C21H22N6O. The lowest BCUT2D eigenvalue weighted by molar-refractivity contribution is 0.102. The van der Waals surface area contributed by atoms with E-state index in [9.17, 15) is 4.79 Å². The highest BCUT2D eigenvalue weighted by Crippen LogP contribution is 2.18. The molecule has 142 valence electrons. The molecule has 1 amide bonds. The van der Waals surface area contributed by atoms with Crippen LogP contribution in [0.5, 0.6) is 0 Å². The van der Waals surface area contributed by atoms with Gasteiger partial charge in [0.2, 0.25) is 0 Å². The van der Waals surface area contributed by atoms with Crippen molar-refractivity contribution in [2.24, 2.45) is 0 Å². The number of piperazine rings is 1. The van der Waals surface area contributed by atoms with Gasteiger partial charge in [-0.3, -0.25) is 4.79 Å². The number of nitrogens with zero attached hydrogens (tertiary/aromatic N) is 5. The van der Waals surface area contributed by atoms with Crippen LogP contribution in [-0.4, -0.2) is 47.0 Å². The SMILES string of the molecule is Cc1ccc(NC(=O)c2cc(N3CCN(c4ccccn4)CC3)ncn2)cc1. The molecule has 0 bridgehead atoms. The number of benzene rings is 1. The predicted molar refractivity (Wildman–Crippen MR) is 110 cm³/mol. The molecule has 0 radical (unpaired) electrons. The van der Waals surface area contributed by atoms with E-state index in [2.05, 4.69) is 30.1 Å². The van der Waals surface area contributed by atoms with Gasteiger partial charge in [-0.2, -0.15) is 0 Å². The molecule has 1 fully saturated rings. The molecule has 1 N–H and O–H groups in total. The third-order valence-electron chi connectivity index (χ3n) is 4.77. The van der Waals surface area contributed by atoms with Gasteiger partial charge in [0.15, 0.2) is 0 Å². The van der Waals surface area contributed by atoms with Crippen LogP contribution in [0.4, 0.5) is 17.3 Å². The third kappa shape index (κ3) is 4.09. The van der Waals surface area contributed by atoms with Gasteiger partial charge >= 0.3 is 0 Å². The van der Waals surface area contributed by atoms with E-state index in [0.29, 0.717) is 5.69 Å². The molecule has 2 aromatic heterocycles. The lowest BCUT2D eigenvalue weighted by Crippen LogP contribution is -2.47. The van der Waals surface area contributed by atoms with Crippen molar-refractivity contribution in [1.82, 2.24) is 15.0 Å². The van der Waals surface area contributed by atoms with Gasteiger partial charge in [-0.1, -0.05) is 23.8 Å². The number of aryl methyl sites for hydroxylation is 1. The molecule has 0 atom stereocenters. The van der Waals surface area contributed by atoms with Crippen molar-refractivity contribution < 1.29 is 4.79 Å². The van der Waals surface area contributed by atoms with E-state index in [0.717, 1.165) is 49.1 Å². The van der Waals surface area contributed by atoms with Crippen LogP contribution in [0.2, 0.25) is 0 Å². The number of rotatable bonds is 4. The Kier molecular flexibility index (Phi) is 5.14. The molecule has 0 aliphatic carbocycles. The second-order valence-electron chi connectivity index (χ2n) is 6.74. The van der Waals surface area contributed by atoms with Gasteiger partial charge in [0.1, 0.15) is 23.7 Å². The van der Waals surface area contributed by atoms with Crippen LogP contribution in [0.25, 0.3) is 0 Å². The summed E-state index contributed by atoms with van der Waals surface area (Å²) in [5.74, 6) is 1.52. The number of carbonyl (C=O) groups excluding carboxylic acids is 1. The zero-order chi connectivity index (χ0) is 19.3. The van der Waals surface area contributed by atoms with E-state index in [4.69, 9.17) is 0 Å². The Morgan fingerprint density at radius 1 is 0.893 bits per heavy atom. The number of hydrogen-bond donors (Lipinski definition) is 1. The highest BCUT2D eigenvalue weighted by atomic mass is 16.1. The Morgan fingerprint density at radius 2 is 1.61 bits per heavy atom. The Hall–Kier alpha value is -3.48. The molecule has 4 rings (SSSR count). The Balaban J connectivity index is 1.41. The van der Waals surface area contributed by atoms with Crippen LogP contribution < -0.4 is 15.1 Å². The van der Waals surface area contributed by atoms with Gasteiger partial charge in [-0.05, 0) is 31.2 Å². The number of pyridine rings is 1. The van der Waals surface area contributed by atoms with Gasteiger partial charge in [0.25, 0.3) is 5.91 Å². The Morgan fingerprint density at radius 3 is 2.29 bits per heavy atom. The zero-order valence-corrected chi connectivity index (χ0v) is 15.7. The van der Waals surface area contributed by atoms with Crippen molar-refractivity contribution >= 4 is 23.2 Å². The second-order valence-corrected chi connectivity index (χ2v) is 6.74. The van der Waals surface area contributed by atoms with Gasteiger partial charge in [0.05, 0.1) is 0 Å². The van der Waals surface area contributed by atoms with Crippen LogP contribution in [0, 0.1) is 6.92 Å². The summed E-state index contributed by atoms with van der Waals surface area (Å²) in [6.45, 7) is 5.34. The molecule has 0 saturated carbocycles. The zero-order valence-electron chi connectivity index (χ0n) is 15.7. The van der Waals surface area contributed by atoms with Crippen molar-refractivity contribution in [2.75, 3.05) is 41.3 Å². The molecule has 0 spiro atoms. The van der Waals surface area contributed by atoms with E-state index in [1.54, 1.807) is 6.07 Å². The molecule has 28 heavy (non-hydrogen) atoms. The summed E-state index contributed by atoms with van der Waals surface area (Å²) >= 11 is 0. The molecule has 1 aliphatic heterocycles. The minimum atomic E-state index is -0.236. The first-order valence-electron chi connectivity index (χ1n) is 9.30. The molecule has 3 aromatic rings. The van der Waals surface area contributed by atoms with E-state index >= 15 is 0 Å². The average molecular weight is 374 g/mol. The van der Waals surface area contributed by atoms with E-state index in [-0.39, 0.29) is 5.91 Å². The summed E-state index contributed by atoms with van der Waals surface area (Å²) in [6.07, 6.45) is 3.26. The summed E-state index contributed by atoms with van der Waals surface area (Å²) < 4.78 is 0. The molecule has 0 unspecified atom stereocenters. The number of nitrogens with one attached hydrogen (secondary N) is 1. The highest BCUT2D eigenvalue weighted by molar-refractivity contribution is 6.03. The van der Waals surface area contributed by atoms with Crippen molar-refractivity contribution in [3.05, 3.63) is 72.3 Å². The first-order chi connectivity index (χ1) is 13.7. The summed E-state index contributed by atoms with van der Waals surface area (Å²) in [5, 5.41) is 2.88. The second kappa shape index (κ2) is 8.04. The van der Waals surface area contributed by atoms with Crippen LogP contribution in [0.3, 0.4) is 0 Å². The predicted octanol–water partition coefficient (Wildman–Crippen LogP) is 2.76. The maximum absolute atomic E-state index is 12.5. The van der Waals surface area contributed by atoms with Crippen molar-refractivity contribution in [3.63, 3.8) is 0 Å². The first kappa shape index (κ1) is 17.9. The number of carbonyl (C=O) groups is 1. The van der Waals surface area contributed by atoms with Crippen LogP contribution in [0.15, 0.2) is 61.1 Å². The van der Waals surface area contributed by atoms with Gasteiger partial charge in [0, 0.05) is 44.1 Å². The molecule has 1 aromatic carbocycles.